The minimum Gasteiger partial charge on any atom is -0.506 e. The van der Waals surface area contributed by atoms with Gasteiger partial charge in [-0.1, -0.05) is 31.2 Å². The Morgan fingerprint density at radius 3 is 2.72 bits per heavy atom. The first-order valence-electron chi connectivity index (χ1n) is 9.25. The van der Waals surface area contributed by atoms with Crippen LogP contribution in [0.2, 0.25) is 5.02 Å². The number of nitrogens with zero attached hydrogens (tertiary/aromatic N) is 1. The van der Waals surface area contributed by atoms with Crippen molar-refractivity contribution in [3.63, 3.8) is 0 Å². The van der Waals surface area contributed by atoms with E-state index in [1.807, 2.05) is 6.07 Å². The molecule has 2 aliphatic carbocycles. The summed E-state index contributed by atoms with van der Waals surface area (Å²) in [5, 5.41) is 10.4. The molecule has 0 aromatic heterocycles. The van der Waals surface area contributed by atoms with Crippen LogP contribution < -0.4 is 5.73 Å². The van der Waals surface area contributed by atoms with Crippen LogP contribution in [0.25, 0.3) is 5.70 Å². The summed E-state index contributed by atoms with van der Waals surface area (Å²) in [4.78, 5) is 2.38. The molecule has 6 unspecified atom stereocenters. The lowest BCUT2D eigenvalue weighted by molar-refractivity contribution is 0.130. The number of anilines is 1. The highest BCUT2D eigenvalue weighted by atomic mass is 35.5. The number of nitrogens with two attached hydrogens (primary N) is 1. The molecular formula is C21H27ClN2O. The number of phenolic OH excluding ortho intramolecular Hbond substituents is 1. The molecule has 3 N–H and O–H groups in total. The van der Waals surface area contributed by atoms with Gasteiger partial charge in [0.25, 0.3) is 0 Å². The van der Waals surface area contributed by atoms with Gasteiger partial charge in [0, 0.05) is 24.4 Å². The van der Waals surface area contributed by atoms with Crippen molar-refractivity contribution in [1.29, 1.82) is 0 Å². The van der Waals surface area contributed by atoms with Gasteiger partial charge in [-0.2, -0.15) is 0 Å². The van der Waals surface area contributed by atoms with E-state index >= 15 is 0 Å². The predicted molar refractivity (Wildman–Crippen MR) is 104 cm³/mol. The minimum atomic E-state index is 0.0272. The molecule has 1 aromatic rings. The number of nitrogen functional groups attached to an aromatic ring is 1. The predicted octanol–water partition coefficient (Wildman–Crippen LogP) is 4.62. The van der Waals surface area contributed by atoms with E-state index in [0.717, 1.165) is 60.4 Å². The third kappa shape index (κ3) is 2.64. The molecular weight excluding hydrogens is 332 g/mol. The molecule has 0 amide bonds. The number of benzene rings is 1. The van der Waals surface area contributed by atoms with Gasteiger partial charge in [0.15, 0.2) is 0 Å². The van der Waals surface area contributed by atoms with E-state index in [1.54, 1.807) is 6.07 Å². The molecule has 3 aliphatic rings. The second-order valence-electron chi connectivity index (χ2n) is 8.18. The van der Waals surface area contributed by atoms with Crippen molar-refractivity contribution < 1.29 is 5.11 Å². The first kappa shape index (κ1) is 16.8. The average Bonchev–Trinajstić information content (AvgIpc) is 3.26. The zero-order chi connectivity index (χ0) is 17.9. The van der Waals surface area contributed by atoms with Crippen molar-refractivity contribution in [3.05, 3.63) is 42.0 Å². The van der Waals surface area contributed by atoms with Crippen molar-refractivity contribution in [2.24, 2.45) is 35.5 Å². The zero-order valence-corrected chi connectivity index (χ0v) is 15.5. The molecule has 0 radical (unpaired) electrons. The molecule has 2 saturated carbocycles. The lowest BCUT2D eigenvalue weighted by Gasteiger charge is -2.36. The minimum absolute atomic E-state index is 0.0272. The van der Waals surface area contributed by atoms with Crippen molar-refractivity contribution in [3.8, 4) is 5.75 Å². The van der Waals surface area contributed by atoms with E-state index in [9.17, 15) is 5.11 Å². The number of aromatic hydroxyl groups is 1. The maximum Gasteiger partial charge on any atom is 0.140 e. The van der Waals surface area contributed by atoms with Crippen molar-refractivity contribution >= 4 is 23.0 Å². The van der Waals surface area contributed by atoms with E-state index in [-0.39, 0.29) is 11.4 Å². The number of hydrogen-bond acceptors (Lipinski definition) is 3. The Labute approximate surface area is 155 Å². The number of allylic oxidation sites excluding steroid dienone is 1. The number of phenols is 1. The Balaban J connectivity index is 1.57. The van der Waals surface area contributed by atoms with Crippen LogP contribution in [0.5, 0.6) is 5.75 Å². The fraction of sp³-hybridized carbons (Fsp3) is 0.524. The monoisotopic (exact) mass is 358 g/mol. The summed E-state index contributed by atoms with van der Waals surface area (Å²) in [6, 6.07) is 3.48. The summed E-state index contributed by atoms with van der Waals surface area (Å²) >= 11 is 6.15. The number of likely N-dealkylation sites (tertiary alicyclic amines) is 1. The highest BCUT2D eigenvalue weighted by Crippen LogP contribution is 2.62. The van der Waals surface area contributed by atoms with Crippen LogP contribution in [0, 0.1) is 35.5 Å². The molecule has 1 saturated heterocycles. The van der Waals surface area contributed by atoms with Gasteiger partial charge in [0.1, 0.15) is 5.75 Å². The molecule has 0 bridgehead atoms. The van der Waals surface area contributed by atoms with Gasteiger partial charge in [-0.25, -0.2) is 0 Å². The largest absolute Gasteiger partial charge is 0.506 e. The molecule has 1 heterocycles. The molecule has 3 nitrogen and oxygen atoms in total. The van der Waals surface area contributed by atoms with Crippen LogP contribution >= 0.6 is 11.6 Å². The average molecular weight is 359 g/mol. The Hall–Kier alpha value is -1.61. The Morgan fingerprint density at radius 2 is 2.04 bits per heavy atom. The van der Waals surface area contributed by atoms with E-state index in [1.165, 1.54) is 6.42 Å². The molecule has 4 rings (SSSR count). The normalized spacial score (nSPS) is 35.8. The maximum atomic E-state index is 9.99. The van der Waals surface area contributed by atoms with Gasteiger partial charge in [-0.05, 0) is 60.5 Å². The quantitative estimate of drug-likeness (QED) is 0.469. The number of rotatable bonds is 4. The van der Waals surface area contributed by atoms with Crippen molar-refractivity contribution in [1.82, 2.24) is 4.90 Å². The fourth-order valence-electron chi connectivity index (χ4n) is 5.55. The van der Waals surface area contributed by atoms with E-state index < -0.39 is 0 Å². The zero-order valence-electron chi connectivity index (χ0n) is 14.8. The van der Waals surface area contributed by atoms with E-state index in [4.69, 9.17) is 17.3 Å². The smallest absolute Gasteiger partial charge is 0.140 e. The molecule has 4 heteroatoms. The Morgan fingerprint density at radius 1 is 1.32 bits per heavy atom. The van der Waals surface area contributed by atoms with Gasteiger partial charge in [0.2, 0.25) is 0 Å². The summed E-state index contributed by atoms with van der Waals surface area (Å²) in [5.74, 6) is 4.84. The number of fused-ring (bicyclic) bond motifs is 2. The van der Waals surface area contributed by atoms with Crippen molar-refractivity contribution in [2.75, 3.05) is 18.8 Å². The topological polar surface area (TPSA) is 49.5 Å². The second kappa shape index (κ2) is 5.98. The molecule has 134 valence electrons. The second-order valence-corrected chi connectivity index (χ2v) is 8.59. The van der Waals surface area contributed by atoms with Crippen molar-refractivity contribution in [2.45, 2.75) is 19.8 Å². The van der Waals surface area contributed by atoms with Gasteiger partial charge in [-0.15, -0.1) is 6.58 Å². The standard InChI is InChI=1S/C21H27ClN2O/c1-4-5-14-16-8-15(16)11(2)17-9-24(10-18(14)17)12(3)13-6-19(22)21(23)20(25)7-13/h4,6-7,11,14-18,25H,1,3,5,8-10,23H2,2H3. The van der Waals surface area contributed by atoms with Gasteiger partial charge in [0.05, 0.1) is 10.7 Å². The third-order valence-corrected chi connectivity index (χ3v) is 7.33. The summed E-state index contributed by atoms with van der Waals surface area (Å²) in [7, 11) is 0. The van der Waals surface area contributed by atoms with Gasteiger partial charge >= 0.3 is 0 Å². The fourth-order valence-corrected chi connectivity index (χ4v) is 5.76. The van der Waals surface area contributed by atoms with Crippen LogP contribution in [-0.2, 0) is 0 Å². The van der Waals surface area contributed by atoms with Crippen LogP contribution in [0.1, 0.15) is 25.3 Å². The Kier molecular flexibility index (Phi) is 4.03. The van der Waals surface area contributed by atoms with Crippen LogP contribution in [0.15, 0.2) is 31.4 Å². The molecule has 1 aromatic carbocycles. The van der Waals surface area contributed by atoms with E-state index in [0.29, 0.717) is 10.9 Å². The lowest BCUT2D eigenvalue weighted by Crippen LogP contribution is -2.34. The molecule has 25 heavy (non-hydrogen) atoms. The third-order valence-electron chi connectivity index (χ3n) is 7.02. The van der Waals surface area contributed by atoms with Gasteiger partial charge in [-0.3, -0.25) is 0 Å². The molecule has 0 spiro atoms. The molecule has 3 fully saturated rings. The van der Waals surface area contributed by atoms with Crippen LogP contribution in [0.4, 0.5) is 5.69 Å². The lowest BCUT2D eigenvalue weighted by atomic mass is 9.68. The van der Waals surface area contributed by atoms with Gasteiger partial charge < -0.3 is 15.7 Å². The molecule has 1 aliphatic heterocycles. The maximum absolute atomic E-state index is 9.99. The number of halogens is 1. The first-order valence-corrected chi connectivity index (χ1v) is 9.63. The van der Waals surface area contributed by atoms with Crippen LogP contribution in [-0.4, -0.2) is 23.1 Å². The first-order chi connectivity index (χ1) is 11.9. The number of hydrogen-bond donors (Lipinski definition) is 2. The summed E-state index contributed by atoms with van der Waals surface area (Å²) < 4.78 is 0. The van der Waals surface area contributed by atoms with E-state index in [2.05, 4.69) is 31.1 Å². The SMILES string of the molecule is C=CCC1C2CC2C(C)C2CN(C(=C)c3cc(O)c(N)c(Cl)c3)CC21. The summed E-state index contributed by atoms with van der Waals surface area (Å²) in [6.07, 6.45) is 4.64. The highest BCUT2D eigenvalue weighted by molar-refractivity contribution is 6.33. The van der Waals surface area contributed by atoms with Crippen LogP contribution in [0.3, 0.4) is 0 Å². The molecule has 6 atom stereocenters. The summed E-state index contributed by atoms with van der Waals surface area (Å²) in [6.45, 7) is 12.8. The summed E-state index contributed by atoms with van der Waals surface area (Å²) in [5.41, 5.74) is 7.77. The Bertz CT molecular complexity index is 708. The highest BCUT2D eigenvalue weighted by Gasteiger charge is 2.58.